The summed E-state index contributed by atoms with van der Waals surface area (Å²) in [5.74, 6) is 0.756. The maximum atomic E-state index is 5.62. The molecule has 0 spiro atoms. The van der Waals surface area contributed by atoms with Gasteiger partial charge >= 0.3 is 0 Å². The molecule has 0 atom stereocenters. The molecule has 0 N–H and O–H groups in total. The van der Waals surface area contributed by atoms with Crippen molar-refractivity contribution >= 4 is 0 Å². The molecule has 0 aromatic carbocycles. The van der Waals surface area contributed by atoms with Crippen molar-refractivity contribution in [2.45, 2.75) is 78.1 Å². The zero-order valence-electron chi connectivity index (χ0n) is 13.4. The Hall–Kier alpha value is -1.05. The SMILES string of the molecule is CCCCCCCCCCCCOc1ccc(C)cn1. The maximum absolute atomic E-state index is 5.62. The van der Waals surface area contributed by atoms with Gasteiger partial charge in [0.25, 0.3) is 0 Å². The number of pyridine rings is 1. The first kappa shape index (κ1) is 17.0. The first-order valence-electron chi connectivity index (χ1n) is 8.38. The topological polar surface area (TPSA) is 22.1 Å². The minimum absolute atomic E-state index is 0.756. The van der Waals surface area contributed by atoms with Crippen LogP contribution >= 0.6 is 0 Å². The number of ether oxygens (including phenoxy) is 1. The summed E-state index contributed by atoms with van der Waals surface area (Å²) in [5, 5.41) is 0. The Labute approximate surface area is 125 Å². The summed E-state index contributed by atoms with van der Waals surface area (Å²) in [4.78, 5) is 4.24. The van der Waals surface area contributed by atoms with Gasteiger partial charge in [-0.15, -0.1) is 0 Å². The van der Waals surface area contributed by atoms with E-state index >= 15 is 0 Å². The molecule has 0 aliphatic carbocycles. The van der Waals surface area contributed by atoms with Crippen LogP contribution in [-0.4, -0.2) is 11.6 Å². The molecule has 0 fully saturated rings. The Balaban J connectivity index is 1.84. The number of aromatic nitrogens is 1. The van der Waals surface area contributed by atoms with E-state index < -0.39 is 0 Å². The van der Waals surface area contributed by atoms with Gasteiger partial charge in [0, 0.05) is 12.3 Å². The average Bonchev–Trinajstić information content (AvgIpc) is 2.47. The monoisotopic (exact) mass is 277 g/mol. The van der Waals surface area contributed by atoms with Gasteiger partial charge in [-0.05, 0) is 18.9 Å². The predicted octanol–water partition coefficient (Wildman–Crippen LogP) is 5.69. The highest BCUT2D eigenvalue weighted by molar-refractivity contribution is 5.16. The first-order chi connectivity index (χ1) is 9.83. The van der Waals surface area contributed by atoms with Crippen molar-refractivity contribution in [2.24, 2.45) is 0 Å². The largest absolute Gasteiger partial charge is 0.478 e. The van der Waals surface area contributed by atoms with Gasteiger partial charge in [-0.2, -0.15) is 0 Å². The van der Waals surface area contributed by atoms with Crippen LogP contribution in [0.2, 0.25) is 0 Å². The first-order valence-corrected chi connectivity index (χ1v) is 8.38. The molecule has 1 aromatic rings. The molecule has 0 unspecified atom stereocenters. The van der Waals surface area contributed by atoms with Crippen molar-refractivity contribution in [2.75, 3.05) is 6.61 Å². The van der Waals surface area contributed by atoms with E-state index in [-0.39, 0.29) is 0 Å². The lowest BCUT2D eigenvalue weighted by Crippen LogP contribution is -1.98. The molecule has 2 heteroatoms. The number of unbranched alkanes of at least 4 members (excludes halogenated alkanes) is 9. The van der Waals surface area contributed by atoms with E-state index in [4.69, 9.17) is 4.74 Å². The van der Waals surface area contributed by atoms with Gasteiger partial charge in [0.1, 0.15) is 0 Å². The summed E-state index contributed by atoms with van der Waals surface area (Å²) < 4.78 is 5.62. The van der Waals surface area contributed by atoms with Crippen LogP contribution in [0.25, 0.3) is 0 Å². The molecule has 0 aliphatic rings. The van der Waals surface area contributed by atoms with E-state index in [1.807, 2.05) is 25.3 Å². The van der Waals surface area contributed by atoms with E-state index in [0.29, 0.717) is 0 Å². The fourth-order valence-electron chi connectivity index (χ4n) is 2.31. The highest BCUT2D eigenvalue weighted by atomic mass is 16.5. The molecule has 0 saturated heterocycles. The van der Waals surface area contributed by atoms with Gasteiger partial charge in [0.05, 0.1) is 6.61 Å². The van der Waals surface area contributed by atoms with Crippen molar-refractivity contribution in [3.63, 3.8) is 0 Å². The van der Waals surface area contributed by atoms with Crippen LogP contribution in [0.5, 0.6) is 5.88 Å². The Morgan fingerprint density at radius 1 is 0.850 bits per heavy atom. The number of aryl methyl sites for hydroxylation is 1. The third-order valence-corrected chi connectivity index (χ3v) is 3.63. The molecule has 2 nitrogen and oxygen atoms in total. The second-order valence-corrected chi connectivity index (χ2v) is 5.70. The fraction of sp³-hybridized carbons (Fsp3) is 0.722. The summed E-state index contributed by atoms with van der Waals surface area (Å²) in [6, 6.07) is 3.99. The molecule has 1 aromatic heterocycles. The normalized spacial score (nSPS) is 10.7. The predicted molar refractivity (Wildman–Crippen MR) is 86.3 cm³/mol. The summed E-state index contributed by atoms with van der Waals surface area (Å²) in [5.41, 5.74) is 1.18. The molecular weight excluding hydrogens is 246 g/mol. The van der Waals surface area contributed by atoms with Gasteiger partial charge in [-0.1, -0.05) is 70.8 Å². The van der Waals surface area contributed by atoms with Crippen molar-refractivity contribution in [3.8, 4) is 5.88 Å². The quantitative estimate of drug-likeness (QED) is 0.458. The fourth-order valence-corrected chi connectivity index (χ4v) is 2.31. The van der Waals surface area contributed by atoms with Crippen LogP contribution in [0.15, 0.2) is 18.3 Å². The minimum Gasteiger partial charge on any atom is -0.478 e. The Morgan fingerprint density at radius 3 is 2.00 bits per heavy atom. The molecule has 0 radical (unpaired) electrons. The molecule has 0 bridgehead atoms. The van der Waals surface area contributed by atoms with E-state index in [9.17, 15) is 0 Å². The second-order valence-electron chi connectivity index (χ2n) is 5.70. The average molecular weight is 277 g/mol. The summed E-state index contributed by atoms with van der Waals surface area (Å²) in [7, 11) is 0. The lowest BCUT2D eigenvalue weighted by molar-refractivity contribution is 0.293. The third kappa shape index (κ3) is 8.95. The van der Waals surface area contributed by atoms with Crippen LogP contribution in [-0.2, 0) is 0 Å². The van der Waals surface area contributed by atoms with Crippen molar-refractivity contribution in [3.05, 3.63) is 23.9 Å². The number of hydrogen-bond acceptors (Lipinski definition) is 2. The number of rotatable bonds is 12. The van der Waals surface area contributed by atoms with Gasteiger partial charge in [0.15, 0.2) is 0 Å². The van der Waals surface area contributed by atoms with Crippen molar-refractivity contribution < 1.29 is 4.74 Å². The van der Waals surface area contributed by atoms with Crippen LogP contribution < -0.4 is 4.74 Å². The lowest BCUT2D eigenvalue weighted by Gasteiger charge is -2.05. The smallest absolute Gasteiger partial charge is 0.213 e. The van der Waals surface area contributed by atoms with Crippen molar-refractivity contribution in [1.82, 2.24) is 4.98 Å². The highest BCUT2D eigenvalue weighted by Gasteiger charge is 1.95. The summed E-state index contributed by atoms with van der Waals surface area (Å²) in [6.07, 6.45) is 15.4. The van der Waals surface area contributed by atoms with Gasteiger partial charge in [0.2, 0.25) is 5.88 Å². The molecule has 0 amide bonds. The highest BCUT2D eigenvalue weighted by Crippen LogP contribution is 2.11. The standard InChI is InChI=1S/C18H31NO/c1-3-4-5-6-7-8-9-10-11-12-15-20-18-14-13-17(2)16-19-18/h13-14,16H,3-12,15H2,1-2H3. The molecule has 0 aliphatic heterocycles. The third-order valence-electron chi connectivity index (χ3n) is 3.63. The van der Waals surface area contributed by atoms with Crippen LogP contribution in [0.1, 0.15) is 76.7 Å². The second kappa shape index (κ2) is 11.7. The molecule has 114 valence electrons. The van der Waals surface area contributed by atoms with Crippen LogP contribution in [0, 0.1) is 6.92 Å². The Kier molecular flexibility index (Phi) is 9.99. The molecule has 0 saturated carbocycles. The molecule has 1 heterocycles. The molecular formula is C18H31NO. The van der Waals surface area contributed by atoms with Gasteiger partial charge < -0.3 is 4.74 Å². The van der Waals surface area contributed by atoms with Crippen LogP contribution in [0.3, 0.4) is 0 Å². The maximum Gasteiger partial charge on any atom is 0.213 e. The van der Waals surface area contributed by atoms with Gasteiger partial charge in [-0.25, -0.2) is 4.98 Å². The zero-order chi connectivity index (χ0) is 14.5. The summed E-state index contributed by atoms with van der Waals surface area (Å²) in [6.45, 7) is 5.11. The van der Waals surface area contributed by atoms with E-state index in [1.165, 1.54) is 63.4 Å². The molecule has 20 heavy (non-hydrogen) atoms. The molecule has 1 rings (SSSR count). The van der Waals surface area contributed by atoms with Crippen molar-refractivity contribution in [1.29, 1.82) is 0 Å². The number of hydrogen-bond donors (Lipinski definition) is 0. The minimum atomic E-state index is 0.756. The zero-order valence-corrected chi connectivity index (χ0v) is 13.4. The Morgan fingerprint density at radius 2 is 1.45 bits per heavy atom. The summed E-state index contributed by atoms with van der Waals surface area (Å²) >= 11 is 0. The van der Waals surface area contributed by atoms with E-state index in [2.05, 4.69) is 11.9 Å². The van der Waals surface area contributed by atoms with Crippen LogP contribution in [0.4, 0.5) is 0 Å². The lowest BCUT2D eigenvalue weighted by atomic mass is 10.1. The van der Waals surface area contributed by atoms with Gasteiger partial charge in [-0.3, -0.25) is 0 Å². The number of nitrogens with zero attached hydrogens (tertiary/aromatic N) is 1. The Bertz CT molecular complexity index is 321. The van der Waals surface area contributed by atoms with E-state index in [1.54, 1.807) is 0 Å². The van der Waals surface area contributed by atoms with E-state index in [0.717, 1.165) is 18.9 Å².